The maximum Gasteiger partial charge on any atom is 0.0547 e. The highest BCUT2D eigenvalue weighted by molar-refractivity contribution is 6.12. The quantitative estimate of drug-likeness (QED) is 0.201. The lowest BCUT2D eigenvalue weighted by atomic mass is 9.95. The number of benzene rings is 7. The molecule has 0 radical (unpaired) electrons. The molecule has 0 aliphatic rings. The molecule has 0 bridgehead atoms. The van der Waals surface area contributed by atoms with Crippen LogP contribution in [-0.2, 0) is 0 Å². The lowest BCUT2D eigenvalue weighted by Gasteiger charge is -2.15. The van der Waals surface area contributed by atoms with Gasteiger partial charge in [-0.3, -0.25) is 0 Å². The van der Waals surface area contributed by atoms with Crippen LogP contribution in [-0.4, -0.2) is 4.57 Å². The van der Waals surface area contributed by atoms with E-state index in [1.807, 2.05) is 0 Å². The summed E-state index contributed by atoms with van der Waals surface area (Å²) in [6.07, 6.45) is 0. The third kappa shape index (κ3) is 4.68. The molecule has 0 fully saturated rings. The molecule has 8 rings (SSSR count). The predicted octanol–water partition coefficient (Wildman–Crippen LogP) is 11.7. The van der Waals surface area contributed by atoms with E-state index < -0.39 is 0 Å². The van der Waals surface area contributed by atoms with Crippen molar-refractivity contribution >= 4 is 43.4 Å². The van der Waals surface area contributed by atoms with Crippen molar-refractivity contribution in [3.05, 3.63) is 162 Å². The highest BCUT2D eigenvalue weighted by Gasteiger charge is 2.17. The number of fused-ring (bicyclic) bond motifs is 5. The molecular weight excluding hydrogens is 518 g/mol. The Labute approximate surface area is 253 Å². The van der Waals surface area contributed by atoms with Crippen molar-refractivity contribution in [1.82, 2.24) is 4.57 Å². The van der Waals surface area contributed by atoms with Crippen molar-refractivity contribution in [3.8, 4) is 16.8 Å². The molecule has 0 spiro atoms. The van der Waals surface area contributed by atoms with Gasteiger partial charge in [-0.05, 0) is 101 Å². The monoisotopic (exact) mass is 553 g/mol. The van der Waals surface area contributed by atoms with Gasteiger partial charge in [0.1, 0.15) is 0 Å². The van der Waals surface area contributed by atoms with Crippen molar-refractivity contribution in [2.24, 2.45) is 0 Å². The Morgan fingerprint density at radius 3 is 1.74 bits per heavy atom. The minimum atomic E-state index is 1.23. The summed E-state index contributed by atoms with van der Waals surface area (Å²) in [5.74, 6) is 0. The Kier molecular flexibility index (Phi) is 6.80. The van der Waals surface area contributed by atoms with E-state index in [1.165, 1.54) is 82.4 Å². The van der Waals surface area contributed by atoms with Crippen molar-refractivity contribution in [2.75, 3.05) is 0 Å². The van der Waals surface area contributed by atoms with Gasteiger partial charge in [0.25, 0.3) is 0 Å². The number of para-hydroxylation sites is 1. The summed E-state index contributed by atoms with van der Waals surface area (Å²) in [4.78, 5) is 0. The molecule has 7 aromatic carbocycles. The van der Waals surface area contributed by atoms with Gasteiger partial charge in [-0.25, -0.2) is 0 Å². The molecule has 0 saturated heterocycles. The van der Waals surface area contributed by atoms with Crippen LogP contribution < -0.4 is 0 Å². The van der Waals surface area contributed by atoms with Crippen molar-refractivity contribution in [3.63, 3.8) is 0 Å². The highest BCUT2D eigenvalue weighted by Crippen LogP contribution is 2.39. The van der Waals surface area contributed by atoms with Gasteiger partial charge in [-0.15, -0.1) is 0 Å². The van der Waals surface area contributed by atoms with Crippen molar-refractivity contribution < 1.29 is 0 Å². The molecule has 0 N–H and O–H groups in total. The molecule has 0 amide bonds. The Bertz CT molecular complexity index is 2280. The summed E-state index contributed by atoms with van der Waals surface area (Å²) in [7, 11) is 0. The molecular formula is C42H35N. The first-order chi connectivity index (χ1) is 21.0. The summed E-state index contributed by atoms with van der Waals surface area (Å²) in [6, 6.07) is 50.3. The summed E-state index contributed by atoms with van der Waals surface area (Å²) in [6.45, 7) is 8.76. The molecule has 0 aliphatic carbocycles. The van der Waals surface area contributed by atoms with E-state index in [9.17, 15) is 0 Å². The maximum absolute atomic E-state index is 2.45. The molecule has 0 aliphatic heterocycles. The molecule has 8 aromatic rings. The summed E-state index contributed by atoms with van der Waals surface area (Å²) in [5, 5.41) is 7.88. The fourth-order valence-electron chi connectivity index (χ4n) is 6.56. The first kappa shape index (κ1) is 26.7. The van der Waals surface area contributed by atoms with Crippen LogP contribution in [0.25, 0.3) is 60.2 Å². The first-order valence-electron chi connectivity index (χ1n) is 15.0. The van der Waals surface area contributed by atoms with Gasteiger partial charge < -0.3 is 4.57 Å². The standard InChI is InChI=1S/C31H25N.C11H10/c1-20-10-4-5-12-24(20)27-19-31-28(18-22(27)3)26-14-8-9-15-29(26)32(31)30-17-16-21(2)23-11-6-7-13-25(23)30;1-9-5-4-7-10-6-2-3-8-11(9)10/h4-19H,1-3H3;2-8H,1H3. The van der Waals surface area contributed by atoms with Gasteiger partial charge in [0.2, 0.25) is 0 Å². The summed E-state index contributed by atoms with van der Waals surface area (Å²) >= 11 is 0. The van der Waals surface area contributed by atoms with Crippen LogP contribution in [0.15, 0.2) is 140 Å². The zero-order valence-corrected chi connectivity index (χ0v) is 25.2. The lowest BCUT2D eigenvalue weighted by molar-refractivity contribution is 1.19. The minimum absolute atomic E-state index is 1.23. The van der Waals surface area contributed by atoms with Crippen LogP contribution in [0.4, 0.5) is 0 Å². The normalized spacial score (nSPS) is 11.3. The summed E-state index contributed by atoms with van der Waals surface area (Å²) in [5.41, 5.74) is 11.6. The number of hydrogen-bond donors (Lipinski definition) is 0. The maximum atomic E-state index is 2.45. The SMILES string of the molecule is Cc1cccc2ccccc12.Cc1ccccc1-c1cc2c(cc1C)c1ccccc1n2-c1ccc(C)c2ccccc12. The zero-order chi connectivity index (χ0) is 29.5. The van der Waals surface area contributed by atoms with E-state index in [4.69, 9.17) is 0 Å². The van der Waals surface area contributed by atoms with Gasteiger partial charge in [0.15, 0.2) is 0 Å². The van der Waals surface area contributed by atoms with E-state index >= 15 is 0 Å². The van der Waals surface area contributed by atoms with Crippen LogP contribution in [0.5, 0.6) is 0 Å². The van der Waals surface area contributed by atoms with E-state index in [-0.39, 0.29) is 0 Å². The van der Waals surface area contributed by atoms with Crippen LogP contribution in [0.3, 0.4) is 0 Å². The first-order valence-corrected chi connectivity index (χ1v) is 15.0. The number of hydrogen-bond acceptors (Lipinski definition) is 0. The number of nitrogens with zero attached hydrogens (tertiary/aromatic N) is 1. The van der Waals surface area contributed by atoms with Crippen LogP contribution in [0.2, 0.25) is 0 Å². The molecule has 1 heterocycles. The molecule has 208 valence electrons. The Balaban J connectivity index is 0.000000229. The molecule has 43 heavy (non-hydrogen) atoms. The molecule has 1 aromatic heterocycles. The number of aromatic nitrogens is 1. The van der Waals surface area contributed by atoms with Crippen molar-refractivity contribution in [2.45, 2.75) is 27.7 Å². The fourth-order valence-corrected chi connectivity index (χ4v) is 6.56. The Hall–Kier alpha value is -5.14. The molecule has 1 heteroatoms. The van der Waals surface area contributed by atoms with E-state index in [2.05, 4.69) is 172 Å². The van der Waals surface area contributed by atoms with Crippen LogP contribution in [0, 0.1) is 27.7 Å². The van der Waals surface area contributed by atoms with Gasteiger partial charge in [-0.2, -0.15) is 0 Å². The smallest absolute Gasteiger partial charge is 0.0547 e. The summed E-state index contributed by atoms with van der Waals surface area (Å²) < 4.78 is 2.45. The van der Waals surface area contributed by atoms with Crippen LogP contribution in [0.1, 0.15) is 22.3 Å². The van der Waals surface area contributed by atoms with Crippen molar-refractivity contribution in [1.29, 1.82) is 0 Å². The van der Waals surface area contributed by atoms with E-state index in [1.54, 1.807) is 0 Å². The predicted molar refractivity (Wildman–Crippen MR) is 187 cm³/mol. The second-order valence-corrected chi connectivity index (χ2v) is 11.6. The Morgan fingerprint density at radius 2 is 0.953 bits per heavy atom. The van der Waals surface area contributed by atoms with Gasteiger partial charge in [-0.1, -0.05) is 115 Å². The molecule has 0 saturated carbocycles. The Morgan fingerprint density at radius 1 is 0.349 bits per heavy atom. The van der Waals surface area contributed by atoms with Gasteiger partial charge in [0.05, 0.1) is 16.7 Å². The minimum Gasteiger partial charge on any atom is -0.309 e. The third-order valence-corrected chi connectivity index (χ3v) is 8.82. The zero-order valence-electron chi connectivity index (χ0n) is 25.2. The number of aryl methyl sites for hydroxylation is 4. The molecule has 1 nitrogen and oxygen atoms in total. The average molecular weight is 554 g/mol. The second kappa shape index (κ2) is 10.9. The van der Waals surface area contributed by atoms with E-state index in [0.717, 1.165) is 0 Å². The highest BCUT2D eigenvalue weighted by atomic mass is 15.0. The van der Waals surface area contributed by atoms with Gasteiger partial charge >= 0.3 is 0 Å². The molecule has 0 unspecified atom stereocenters. The van der Waals surface area contributed by atoms with Crippen LogP contribution >= 0.6 is 0 Å². The van der Waals surface area contributed by atoms with E-state index in [0.29, 0.717) is 0 Å². The largest absolute Gasteiger partial charge is 0.309 e. The third-order valence-electron chi connectivity index (χ3n) is 8.82. The second-order valence-electron chi connectivity index (χ2n) is 11.6. The topological polar surface area (TPSA) is 4.93 Å². The lowest BCUT2D eigenvalue weighted by Crippen LogP contribution is -1.97. The fraction of sp³-hybridized carbons (Fsp3) is 0.0952. The van der Waals surface area contributed by atoms with Gasteiger partial charge in [0, 0.05) is 16.2 Å². The number of rotatable bonds is 2. The average Bonchev–Trinajstić information content (AvgIpc) is 3.35. The molecule has 0 atom stereocenters.